The lowest BCUT2D eigenvalue weighted by Gasteiger charge is -2.56. The zero-order chi connectivity index (χ0) is 19.4. The van der Waals surface area contributed by atoms with Crippen molar-refractivity contribution in [3.8, 4) is 0 Å². The van der Waals surface area contributed by atoms with Crippen LogP contribution in [-0.4, -0.2) is 11.2 Å². The normalized spacial score (nSPS) is 47.4. The van der Waals surface area contributed by atoms with Gasteiger partial charge in [-0.3, -0.25) is 0 Å². The Morgan fingerprint density at radius 1 is 1.07 bits per heavy atom. The van der Waals surface area contributed by atoms with Gasteiger partial charge in [0.15, 0.2) is 0 Å². The molecule has 4 aliphatic rings. The Hall–Kier alpha value is -0.300. The molecule has 3 fully saturated rings. The topological polar surface area (TPSA) is 20.2 Å². The summed E-state index contributed by atoms with van der Waals surface area (Å²) in [5.41, 5.74) is 2.50. The van der Waals surface area contributed by atoms with Gasteiger partial charge >= 0.3 is 0 Å². The molecule has 1 N–H and O–H groups in total. The number of hydrogen-bond donors (Lipinski definition) is 1. The van der Waals surface area contributed by atoms with E-state index in [0.29, 0.717) is 10.8 Å². The minimum absolute atomic E-state index is 0.0781. The van der Waals surface area contributed by atoms with Crippen molar-refractivity contribution in [1.82, 2.24) is 0 Å². The van der Waals surface area contributed by atoms with Crippen molar-refractivity contribution in [2.75, 3.05) is 0 Å². The fourth-order valence-corrected chi connectivity index (χ4v) is 8.60. The highest BCUT2D eigenvalue weighted by atomic mass is 16.3. The van der Waals surface area contributed by atoms with E-state index in [2.05, 4.69) is 40.7 Å². The van der Waals surface area contributed by atoms with Crippen molar-refractivity contribution in [3.05, 3.63) is 11.6 Å². The predicted molar refractivity (Wildman–Crippen MR) is 114 cm³/mol. The van der Waals surface area contributed by atoms with Crippen LogP contribution in [0.1, 0.15) is 98.8 Å². The summed E-state index contributed by atoms with van der Waals surface area (Å²) in [4.78, 5) is 0. The number of aliphatic hydroxyl groups excluding tert-OH is 1. The molecular weight excluding hydrogens is 328 g/mol. The molecule has 1 nitrogen and oxygen atoms in total. The number of hydrogen-bond acceptors (Lipinski definition) is 1. The molecule has 3 saturated carbocycles. The van der Waals surface area contributed by atoms with Crippen LogP contribution in [0.3, 0.4) is 0 Å². The van der Waals surface area contributed by atoms with Crippen LogP contribution in [0.4, 0.5) is 0 Å². The lowest BCUT2D eigenvalue weighted by molar-refractivity contribution is -0.0450. The second-order valence-electron chi connectivity index (χ2n) is 11.9. The maximum atomic E-state index is 10.3. The Kier molecular flexibility index (Phi) is 5.32. The van der Waals surface area contributed by atoms with E-state index in [4.69, 9.17) is 0 Å². The fraction of sp³-hybridized carbons (Fsp3) is 0.923. The lowest BCUT2D eigenvalue weighted by Crippen LogP contribution is -2.48. The highest BCUT2D eigenvalue weighted by molar-refractivity contribution is 5.27. The molecule has 1 unspecified atom stereocenters. The van der Waals surface area contributed by atoms with Crippen LogP contribution in [0.2, 0.25) is 0 Å². The molecule has 0 saturated heterocycles. The second-order valence-corrected chi connectivity index (χ2v) is 11.9. The smallest absolute Gasteiger partial charge is 0.0585 e. The maximum Gasteiger partial charge on any atom is 0.0585 e. The van der Waals surface area contributed by atoms with Crippen LogP contribution in [0.15, 0.2) is 11.6 Å². The summed E-state index contributed by atoms with van der Waals surface area (Å²) >= 11 is 0. The van der Waals surface area contributed by atoms with Gasteiger partial charge in [0.2, 0.25) is 0 Å². The Balaban J connectivity index is 1.49. The molecule has 154 valence electrons. The highest BCUT2D eigenvalue weighted by Gasteiger charge is 2.59. The number of rotatable bonds is 5. The molecule has 0 heterocycles. The molecule has 4 aliphatic carbocycles. The quantitative estimate of drug-likeness (QED) is 0.515. The lowest BCUT2D eigenvalue weighted by atomic mass is 9.49. The van der Waals surface area contributed by atoms with E-state index >= 15 is 0 Å². The Morgan fingerprint density at radius 3 is 2.59 bits per heavy atom. The molecule has 4 rings (SSSR count). The van der Waals surface area contributed by atoms with Crippen molar-refractivity contribution < 1.29 is 5.11 Å². The van der Waals surface area contributed by atoms with E-state index in [0.717, 1.165) is 48.3 Å². The predicted octanol–water partition coefficient (Wildman–Crippen LogP) is 7.00. The van der Waals surface area contributed by atoms with E-state index in [-0.39, 0.29) is 6.10 Å². The van der Waals surface area contributed by atoms with Crippen LogP contribution in [0.5, 0.6) is 0 Å². The summed E-state index contributed by atoms with van der Waals surface area (Å²) in [5.74, 6) is 5.35. The first-order valence-electron chi connectivity index (χ1n) is 12.1. The molecule has 0 spiro atoms. The first kappa shape index (κ1) is 20.0. The number of allylic oxidation sites excluding steroid dienone is 1. The van der Waals surface area contributed by atoms with Crippen molar-refractivity contribution in [2.24, 2.45) is 46.3 Å². The van der Waals surface area contributed by atoms with Gasteiger partial charge in [0.25, 0.3) is 0 Å². The van der Waals surface area contributed by atoms with Gasteiger partial charge in [-0.1, -0.05) is 65.5 Å². The third-order valence-electron chi connectivity index (χ3n) is 9.94. The molecule has 8 atom stereocenters. The summed E-state index contributed by atoms with van der Waals surface area (Å²) in [6.45, 7) is 12.5. The van der Waals surface area contributed by atoms with Crippen molar-refractivity contribution in [2.45, 2.75) is 105 Å². The summed E-state index contributed by atoms with van der Waals surface area (Å²) in [5, 5.41) is 10.3. The van der Waals surface area contributed by atoms with Crippen LogP contribution in [0, 0.1) is 46.3 Å². The number of fused-ring (bicyclic) bond motifs is 5. The summed E-state index contributed by atoms with van der Waals surface area (Å²) in [6, 6.07) is 0. The first-order valence-corrected chi connectivity index (χ1v) is 12.1. The van der Waals surface area contributed by atoms with Crippen LogP contribution in [0.25, 0.3) is 0 Å². The van der Waals surface area contributed by atoms with Crippen molar-refractivity contribution in [1.29, 1.82) is 0 Å². The molecule has 0 aromatic heterocycles. The minimum atomic E-state index is -0.0781. The molecular formula is C26H44O. The molecule has 0 radical (unpaired) electrons. The van der Waals surface area contributed by atoms with Gasteiger partial charge in [-0.25, -0.2) is 0 Å². The Labute approximate surface area is 168 Å². The van der Waals surface area contributed by atoms with Gasteiger partial charge in [0, 0.05) is 0 Å². The van der Waals surface area contributed by atoms with Gasteiger partial charge in [-0.05, 0) is 91.3 Å². The van der Waals surface area contributed by atoms with Crippen molar-refractivity contribution >= 4 is 0 Å². The highest BCUT2D eigenvalue weighted by Crippen LogP contribution is 2.67. The maximum absolute atomic E-state index is 10.3. The number of aliphatic hydroxyl groups is 1. The van der Waals surface area contributed by atoms with Crippen LogP contribution in [-0.2, 0) is 0 Å². The largest absolute Gasteiger partial charge is 0.393 e. The van der Waals surface area contributed by atoms with E-state index in [9.17, 15) is 5.11 Å². The van der Waals surface area contributed by atoms with E-state index in [1.807, 2.05) is 0 Å². The van der Waals surface area contributed by atoms with E-state index in [1.54, 1.807) is 5.57 Å². The summed E-state index contributed by atoms with van der Waals surface area (Å²) in [6.07, 6.45) is 15.8. The van der Waals surface area contributed by atoms with Gasteiger partial charge in [-0.15, -0.1) is 0 Å². The average Bonchev–Trinajstić information content (AvgIpc) is 3.09. The van der Waals surface area contributed by atoms with Gasteiger partial charge in [0.1, 0.15) is 0 Å². The SMILES string of the molecule is CC(C)CCC[C@@H](C)[C@H]1CC[C@H]2[C@@H]3CC=C4CC(O)C[C@]4(C)[C@H]3CC[C@]12C. The van der Waals surface area contributed by atoms with Gasteiger partial charge in [0.05, 0.1) is 6.10 Å². The van der Waals surface area contributed by atoms with Gasteiger partial charge < -0.3 is 5.11 Å². The molecule has 0 aromatic carbocycles. The summed E-state index contributed by atoms with van der Waals surface area (Å²) in [7, 11) is 0. The minimum Gasteiger partial charge on any atom is -0.393 e. The average molecular weight is 373 g/mol. The van der Waals surface area contributed by atoms with E-state index in [1.165, 1.54) is 51.4 Å². The monoisotopic (exact) mass is 372 g/mol. The third kappa shape index (κ3) is 3.24. The fourth-order valence-electron chi connectivity index (χ4n) is 8.60. The molecule has 27 heavy (non-hydrogen) atoms. The van der Waals surface area contributed by atoms with Crippen LogP contribution < -0.4 is 0 Å². The Morgan fingerprint density at radius 2 is 1.85 bits per heavy atom. The molecule has 1 heteroatoms. The zero-order valence-corrected chi connectivity index (χ0v) is 18.6. The molecule has 0 aromatic rings. The first-order chi connectivity index (χ1) is 12.8. The second kappa shape index (κ2) is 7.19. The standard InChI is InChI=1S/C26H44O/c1-17(2)7-6-8-18(3)22-11-12-23-21-10-9-19-15-20(27)16-26(19,5)24(21)13-14-25(22,23)4/h9,17-18,20-24,27H,6-8,10-16H2,1-5H3/t18-,20?,21+,22-,23+,24+,25-,26+/m1/s1. The third-order valence-corrected chi connectivity index (χ3v) is 9.94. The molecule has 0 bridgehead atoms. The van der Waals surface area contributed by atoms with Gasteiger partial charge in [-0.2, -0.15) is 0 Å². The Bertz CT molecular complexity index is 577. The zero-order valence-electron chi connectivity index (χ0n) is 18.6. The summed E-state index contributed by atoms with van der Waals surface area (Å²) < 4.78 is 0. The van der Waals surface area contributed by atoms with Crippen LogP contribution >= 0.6 is 0 Å². The van der Waals surface area contributed by atoms with Crippen molar-refractivity contribution in [3.63, 3.8) is 0 Å². The molecule has 0 aliphatic heterocycles. The molecule has 0 amide bonds. The van der Waals surface area contributed by atoms with E-state index < -0.39 is 0 Å².